The van der Waals surface area contributed by atoms with Crippen molar-refractivity contribution in [1.29, 1.82) is 0 Å². The quantitative estimate of drug-likeness (QED) is 0.644. The van der Waals surface area contributed by atoms with E-state index in [1.54, 1.807) is 12.3 Å². The molecule has 0 fully saturated rings. The molecule has 4 nitrogen and oxygen atoms in total. The average molecular weight is 242 g/mol. The molecule has 0 spiro atoms. The lowest BCUT2D eigenvalue weighted by molar-refractivity contribution is 0.628. The Bertz CT molecular complexity index is 733. The Morgan fingerprint density at radius 1 is 1.28 bits per heavy atom. The van der Waals surface area contributed by atoms with E-state index in [1.165, 1.54) is 12.1 Å². The highest BCUT2D eigenvalue weighted by Gasteiger charge is 2.08. The van der Waals surface area contributed by atoms with Crippen molar-refractivity contribution in [3.05, 3.63) is 42.0 Å². The van der Waals surface area contributed by atoms with Crippen LogP contribution in [0.5, 0.6) is 0 Å². The second-order valence-corrected chi connectivity index (χ2v) is 4.18. The topological polar surface area (TPSA) is 67.6 Å². The summed E-state index contributed by atoms with van der Waals surface area (Å²) in [6.07, 6.45) is 1.69. The molecule has 0 saturated heterocycles. The number of nitrogens with zero attached hydrogens (tertiary/aromatic N) is 2. The molecule has 3 rings (SSSR count). The van der Waals surface area contributed by atoms with Crippen LogP contribution in [0.3, 0.4) is 0 Å². The van der Waals surface area contributed by atoms with Gasteiger partial charge in [0.05, 0.1) is 0 Å². The predicted molar refractivity (Wildman–Crippen MR) is 68.4 cm³/mol. The van der Waals surface area contributed by atoms with Gasteiger partial charge >= 0.3 is 0 Å². The number of anilines is 1. The van der Waals surface area contributed by atoms with Crippen LogP contribution >= 0.6 is 0 Å². The highest BCUT2D eigenvalue weighted by molar-refractivity contribution is 5.85. The van der Waals surface area contributed by atoms with Crippen molar-refractivity contribution in [3.8, 4) is 11.1 Å². The van der Waals surface area contributed by atoms with E-state index in [0.29, 0.717) is 11.3 Å². The number of rotatable bonds is 1. The highest BCUT2D eigenvalue weighted by atomic mass is 19.1. The fourth-order valence-corrected chi connectivity index (χ4v) is 1.96. The minimum atomic E-state index is -0.343. The molecule has 0 aliphatic heterocycles. The molecule has 0 saturated carbocycles. The van der Waals surface area contributed by atoms with Crippen LogP contribution < -0.4 is 5.73 Å². The number of aromatic nitrogens is 3. The zero-order valence-electron chi connectivity index (χ0n) is 9.74. The normalized spacial score (nSPS) is 11.0. The summed E-state index contributed by atoms with van der Waals surface area (Å²) in [5, 5.41) is 7.88. The molecule has 5 heteroatoms. The van der Waals surface area contributed by atoms with E-state index in [1.807, 2.05) is 13.0 Å². The fourth-order valence-electron chi connectivity index (χ4n) is 1.96. The van der Waals surface area contributed by atoms with E-state index < -0.39 is 0 Å². The summed E-state index contributed by atoms with van der Waals surface area (Å²) in [5.41, 5.74) is 9.45. The number of nitrogens with two attached hydrogens (primary N) is 1. The number of pyridine rings is 1. The zero-order chi connectivity index (χ0) is 12.7. The first-order chi connectivity index (χ1) is 8.65. The number of hydrogen-bond acceptors (Lipinski definition) is 3. The maximum absolute atomic E-state index is 13.0. The molecule has 0 aliphatic carbocycles. The molecule has 3 N–H and O–H groups in total. The number of benzene rings is 1. The first kappa shape index (κ1) is 10.7. The minimum absolute atomic E-state index is 0.343. The van der Waals surface area contributed by atoms with Gasteiger partial charge in [-0.3, -0.25) is 5.10 Å². The van der Waals surface area contributed by atoms with Crippen molar-refractivity contribution in [3.63, 3.8) is 0 Å². The highest BCUT2D eigenvalue weighted by Crippen LogP contribution is 2.28. The second-order valence-electron chi connectivity index (χ2n) is 4.18. The van der Waals surface area contributed by atoms with Gasteiger partial charge in [0.25, 0.3) is 0 Å². The lowest BCUT2D eigenvalue weighted by Gasteiger charge is -2.05. The van der Waals surface area contributed by atoms with E-state index in [9.17, 15) is 4.39 Å². The van der Waals surface area contributed by atoms with Gasteiger partial charge in [-0.1, -0.05) is 0 Å². The molecule has 0 atom stereocenters. The Morgan fingerprint density at radius 2 is 2.11 bits per heavy atom. The molecular formula is C13H11FN4. The first-order valence-corrected chi connectivity index (χ1v) is 5.51. The molecule has 2 aromatic heterocycles. The summed E-state index contributed by atoms with van der Waals surface area (Å²) >= 11 is 0. The summed E-state index contributed by atoms with van der Waals surface area (Å²) in [4.78, 5) is 4.25. The number of halogens is 1. The lowest BCUT2D eigenvalue weighted by Crippen LogP contribution is -1.92. The summed E-state index contributed by atoms with van der Waals surface area (Å²) in [6, 6.07) is 6.30. The van der Waals surface area contributed by atoms with Crippen molar-refractivity contribution in [2.75, 3.05) is 5.73 Å². The van der Waals surface area contributed by atoms with Crippen LogP contribution in [0.25, 0.3) is 22.2 Å². The third-order valence-electron chi connectivity index (χ3n) is 2.92. The maximum atomic E-state index is 13.0. The Balaban J connectivity index is 2.21. The second kappa shape index (κ2) is 3.80. The maximum Gasteiger partial charge on any atom is 0.181 e. The smallest absolute Gasteiger partial charge is 0.181 e. The van der Waals surface area contributed by atoms with Crippen LogP contribution in [0.2, 0.25) is 0 Å². The summed E-state index contributed by atoms with van der Waals surface area (Å²) in [6.45, 7) is 1.93. The lowest BCUT2D eigenvalue weighted by atomic mass is 10.0. The average Bonchev–Trinajstić information content (AvgIpc) is 2.71. The summed E-state index contributed by atoms with van der Waals surface area (Å²) < 4.78 is 13.0. The van der Waals surface area contributed by atoms with Gasteiger partial charge in [-0.25, -0.2) is 9.37 Å². The molecule has 3 aromatic rings. The fraction of sp³-hybridized carbons (Fsp3) is 0.0769. The number of fused-ring (bicyclic) bond motifs is 1. The van der Waals surface area contributed by atoms with Gasteiger partial charge in [0, 0.05) is 34.1 Å². The van der Waals surface area contributed by atoms with Gasteiger partial charge in [-0.05, 0) is 31.2 Å². The molecule has 1 aromatic carbocycles. The van der Waals surface area contributed by atoms with Crippen LogP contribution in [-0.2, 0) is 0 Å². The van der Waals surface area contributed by atoms with Gasteiger partial charge in [-0.2, -0.15) is 5.10 Å². The SMILES string of the molecule is Cc1[nH]nc2ncc(-c3ccc(F)cc3N)cc12. The molecule has 0 unspecified atom stereocenters. The standard InChI is InChI=1S/C13H11FN4/c1-7-11-4-8(6-16-13(11)18-17-7)10-3-2-9(14)5-12(10)15/h2-6H,15H2,1H3,(H,16,17,18). The zero-order valence-corrected chi connectivity index (χ0v) is 9.74. The van der Waals surface area contributed by atoms with Gasteiger partial charge in [0.1, 0.15) is 5.82 Å². The van der Waals surface area contributed by atoms with E-state index in [4.69, 9.17) is 5.73 Å². The van der Waals surface area contributed by atoms with E-state index in [2.05, 4.69) is 15.2 Å². The number of hydrogen-bond donors (Lipinski definition) is 2. The molecule has 0 aliphatic rings. The van der Waals surface area contributed by atoms with Crippen molar-refractivity contribution >= 4 is 16.7 Å². The van der Waals surface area contributed by atoms with Crippen molar-refractivity contribution in [2.24, 2.45) is 0 Å². The van der Waals surface area contributed by atoms with Crippen LogP contribution in [0.1, 0.15) is 5.69 Å². The Hall–Kier alpha value is -2.43. The number of nitrogens with one attached hydrogen (secondary N) is 1. The predicted octanol–water partition coefficient (Wildman–Crippen LogP) is 2.65. The largest absolute Gasteiger partial charge is 0.398 e. The molecule has 0 amide bonds. The molecular weight excluding hydrogens is 231 g/mol. The van der Waals surface area contributed by atoms with Crippen LogP contribution in [0.4, 0.5) is 10.1 Å². The molecule has 0 bridgehead atoms. The van der Waals surface area contributed by atoms with Gasteiger partial charge in [0.2, 0.25) is 0 Å². The van der Waals surface area contributed by atoms with E-state index >= 15 is 0 Å². The minimum Gasteiger partial charge on any atom is -0.398 e. The number of nitrogen functional groups attached to an aromatic ring is 1. The van der Waals surface area contributed by atoms with Gasteiger partial charge < -0.3 is 5.73 Å². The third-order valence-corrected chi connectivity index (χ3v) is 2.92. The van der Waals surface area contributed by atoms with Crippen molar-refractivity contribution in [1.82, 2.24) is 15.2 Å². The Morgan fingerprint density at radius 3 is 2.89 bits per heavy atom. The van der Waals surface area contributed by atoms with Crippen LogP contribution in [0, 0.1) is 12.7 Å². The molecule has 18 heavy (non-hydrogen) atoms. The summed E-state index contributed by atoms with van der Waals surface area (Å²) in [7, 11) is 0. The molecule has 0 radical (unpaired) electrons. The monoisotopic (exact) mass is 242 g/mol. The van der Waals surface area contributed by atoms with Crippen LogP contribution in [-0.4, -0.2) is 15.2 Å². The third kappa shape index (κ3) is 1.60. The van der Waals surface area contributed by atoms with Crippen LogP contribution in [0.15, 0.2) is 30.5 Å². The molecule has 2 heterocycles. The van der Waals surface area contributed by atoms with E-state index in [0.717, 1.165) is 22.2 Å². The number of H-pyrrole nitrogens is 1. The number of aryl methyl sites for hydroxylation is 1. The number of aromatic amines is 1. The summed E-state index contributed by atoms with van der Waals surface area (Å²) in [5.74, 6) is -0.343. The van der Waals surface area contributed by atoms with E-state index in [-0.39, 0.29) is 5.82 Å². The van der Waals surface area contributed by atoms with Crippen molar-refractivity contribution in [2.45, 2.75) is 6.92 Å². The Kier molecular flexibility index (Phi) is 2.26. The molecule has 90 valence electrons. The van der Waals surface area contributed by atoms with Crippen molar-refractivity contribution < 1.29 is 4.39 Å². The Labute approximate surface area is 103 Å². The van der Waals surface area contributed by atoms with Gasteiger partial charge in [-0.15, -0.1) is 0 Å². The van der Waals surface area contributed by atoms with Gasteiger partial charge in [0.15, 0.2) is 5.65 Å². The first-order valence-electron chi connectivity index (χ1n) is 5.51.